The number of carbonyl (C=O) groups is 1. The molecule has 134 valence electrons. The summed E-state index contributed by atoms with van der Waals surface area (Å²) in [4.78, 5) is 15.9. The lowest BCUT2D eigenvalue weighted by molar-refractivity contribution is 0.0984. The first-order valence-corrected chi connectivity index (χ1v) is 9.52. The van der Waals surface area contributed by atoms with Crippen LogP contribution >= 0.6 is 11.3 Å². The smallest absolute Gasteiger partial charge is 0.268 e. The molecule has 1 amide bonds. The third kappa shape index (κ3) is 2.72. The highest BCUT2D eigenvalue weighted by Gasteiger charge is 2.29. The minimum atomic E-state index is -0.305. The van der Waals surface area contributed by atoms with Crippen molar-refractivity contribution in [1.82, 2.24) is 0 Å². The molecule has 1 aliphatic heterocycles. The maximum atomic E-state index is 14.4. The van der Waals surface area contributed by atoms with Gasteiger partial charge in [-0.25, -0.2) is 4.39 Å². The summed E-state index contributed by atoms with van der Waals surface area (Å²) in [6, 6.07) is 11.1. The quantitative estimate of drug-likeness (QED) is 0.644. The molecular formula is C21H20FNO2S. The predicted molar refractivity (Wildman–Crippen MR) is 104 cm³/mol. The van der Waals surface area contributed by atoms with E-state index in [0.717, 1.165) is 28.8 Å². The van der Waals surface area contributed by atoms with Crippen LogP contribution in [-0.4, -0.2) is 19.6 Å². The summed E-state index contributed by atoms with van der Waals surface area (Å²) in [5.41, 5.74) is 3.95. The van der Waals surface area contributed by atoms with Gasteiger partial charge in [-0.05, 0) is 43.0 Å². The lowest BCUT2D eigenvalue weighted by Gasteiger charge is -2.31. The van der Waals surface area contributed by atoms with Crippen molar-refractivity contribution >= 4 is 33.0 Å². The molecule has 0 bridgehead atoms. The highest BCUT2D eigenvalue weighted by Crippen LogP contribution is 2.37. The topological polar surface area (TPSA) is 29.5 Å². The fourth-order valence-electron chi connectivity index (χ4n) is 3.79. The number of hydrogen-bond acceptors (Lipinski definition) is 3. The monoisotopic (exact) mass is 369 g/mol. The van der Waals surface area contributed by atoms with Crippen LogP contribution in [0.4, 0.5) is 10.1 Å². The van der Waals surface area contributed by atoms with Crippen molar-refractivity contribution in [2.75, 3.05) is 18.6 Å². The van der Waals surface area contributed by atoms with Crippen LogP contribution in [0.5, 0.6) is 0 Å². The number of rotatable bonds is 3. The van der Waals surface area contributed by atoms with E-state index in [2.05, 4.69) is 6.07 Å². The molecule has 0 aliphatic carbocycles. The molecule has 0 fully saturated rings. The molecule has 3 nitrogen and oxygen atoms in total. The first-order chi connectivity index (χ1) is 12.6. The number of methoxy groups -OCH3 is 1. The molecule has 0 N–H and O–H groups in total. The zero-order chi connectivity index (χ0) is 18.3. The van der Waals surface area contributed by atoms with Crippen LogP contribution in [0.15, 0.2) is 36.4 Å². The number of amides is 1. The van der Waals surface area contributed by atoms with Gasteiger partial charge < -0.3 is 9.64 Å². The number of para-hydroxylation sites is 1. The van der Waals surface area contributed by atoms with Gasteiger partial charge in [0.1, 0.15) is 5.82 Å². The molecule has 26 heavy (non-hydrogen) atoms. The van der Waals surface area contributed by atoms with E-state index < -0.39 is 0 Å². The highest BCUT2D eigenvalue weighted by atomic mass is 32.1. The number of carbonyl (C=O) groups excluding carboxylic acids is 1. The van der Waals surface area contributed by atoms with Crippen molar-refractivity contribution in [2.45, 2.75) is 26.4 Å². The maximum Gasteiger partial charge on any atom is 0.268 e. The minimum absolute atomic E-state index is 0.0621. The van der Waals surface area contributed by atoms with Crippen molar-refractivity contribution in [1.29, 1.82) is 0 Å². The van der Waals surface area contributed by atoms with E-state index in [-0.39, 0.29) is 18.3 Å². The largest absolute Gasteiger partial charge is 0.380 e. The Hall–Kier alpha value is -2.24. The molecule has 0 spiro atoms. The van der Waals surface area contributed by atoms with Gasteiger partial charge in [-0.2, -0.15) is 0 Å². The van der Waals surface area contributed by atoms with Gasteiger partial charge in [-0.1, -0.05) is 24.3 Å². The number of anilines is 1. The lowest BCUT2D eigenvalue weighted by atomic mass is 9.98. The molecule has 1 aliphatic rings. The summed E-state index contributed by atoms with van der Waals surface area (Å²) < 4.78 is 20.5. The maximum absolute atomic E-state index is 14.4. The van der Waals surface area contributed by atoms with E-state index in [1.165, 1.54) is 23.0 Å². The number of nitrogens with zero attached hydrogens (tertiary/aromatic N) is 1. The van der Waals surface area contributed by atoms with Gasteiger partial charge >= 0.3 is 0 Å². The molecular weight excluding hydrogens is 349 g/mol. The number of ether oxygens (including phenoxy) is 1. The molecule has 0 saturated heterocycles. The van der Waals surface area contributed by atoms with E-state index >= 15 is 0 Å². The normalized spacial score (nSPS) is 13.9. The number of aryl methyl sites for hydroxylation is 2. The van der Waals surface area contributed by atoms with Crippen molar-refractivity contribution in [3.63, 3.8) is 0 Å². The van der Waals surface area contributed by atoms with Crippen molar-refractivity contribution < 1.29 is 13.9 Å². The summed E-state index contributed by atoms with van der Waals surface area (Å²) in [7, 11) is 1.57. The zero-order valence-corrected chi connectivity index (χ0v) is 15.7. The second-order valence-electron chi connectivity index (χ2n) is 6.60. The van der Waals surface area contributed by atoms with E-state index in [4.69, 9.17) is 4.74 Å². The third-order valence-electron chi connectivity index (χ3n) is 4.91. The second kappa shape index (κ2) is 6.82. The molecule has 1 aromatic heterocycles. The molecule has 2 heterocycles. The molecule has 3 aromatic rings. The fraction of sp³-hybridized carbons (Fsp3) is 0.286. The van der Waals surface area contributed by atoms with Crippen LogP contribution in [-0.2, 0) is 17.8 Å². The van der Waals surface area contributed by atoms with Crippen LogP contribution in [0, 0.1) is 12.7 Å². The Morgan fingerprint density at radius 3 is 2.88 bits per heavy atom. The highest BCUT2D eigenvalue weighted by molar-refractivity contribution is 7.21. The minimum Gasteiger partial charge on any atom is -0.380 e. The second-order valence-corrected chi connectivity index (χ2v) is 7.65. The van der Waals surface area contributed by atoms with Crippen molar-refractivity contribution in [2.24, 2.45) is 0 Å². The standard InChI is InChI=1S/C21H20FNO2S/c1-13-6-3-7-14-8-5-11-23(19(13)14)21(24)20-15(12-25-2)18-16(22)9-4-10-17(18)26-20/h3-4,6-7,9-10H,5,8,11-12H2,1-2H3. The Labute approximate surface area is 156 Å². The Morgan fingerprint density at radius 1 is 1.27 bits per heavy atom. The van der Waals surface area contributed by atoms with Crippen molar-refractivity contribution in [3.05, 3.63) is 63.8 Å². The van der Waals surface area contributed by atoms with E-state index in [9.17, 15) is 9.18 Å². The number of benzene rings is 2. The van der Waals surface area contributed by atoms with Gasteiger partial charge in [0.05, 0.1) is 17.2 Å². The number of fused-ring (bicyclic) bond motifs is 2. The number of hydrogen-bond donors (Lipinski definition) is 0. The zero-order valence-electron chi connectivity index (χ0n) is 14.8. The summed E-state index contributed by atoms with van der Waals surface area (Å²) >= 11 is 1.35. The third-order valence-corrected chi connectivity index (χ3v) is 6.10. The number of halogens is 1. The van der Waals surface area contributed by atoms with E-state index in [1.807, 2.05) is 30.0 Å². The first-order valence-electron chi connectivity index (χ1n) is 8.71. The fourth-order valence-corrected chi connectivity index (χ4v) is 4.97. The van der Waals surface area contributed by atoms with Crippen LogP contribution < -0.4 is 4.90 Å². The predicted octanol–water partition coefficient (Wildman–Crippen LogP) is 5.09. The average molecular weight is 369 g/mol. The van der Waals surface area contributed by atoms with Gasteiger partial charge in [0.25, 0.3) is 5.91 Å². The van der Waals surface area contributed by atoms with Crippen LogP contribution in [0.3, 0.4) is 0 Å². The van der Waals surface area contributed by atoms with Crippen LogP contribution in [0.1, 0.15) is 32.8 Å². The van der Waals surface area contributed by atoms with Gasteiger partial charge in [-0.15, -0.1) is 11.3 Å². The Balaban J connectivity index is 1.86. The molecule has 0 saturated carbocycles. The lowest BCUT2D eigenvalue weighted by Crippen LogP contribution is -2.36. The summed E-state index contributed by atoms with van der Waals surface area (Å²) in [5, 5.41) is 0.504. The van der Waals surface area contributed by atoms with Crippen molar-refractivity contribution in [3.8, 4) is 0 Å². The van der Waals surface area contributed by atoms with Gasteiger partial charge in [-0.3, -0.25) is 4.79 Å². The molecule has 2 aromatic carbocycles. The summed E-state index contributed by atoms with van der Waals surface area (Å²) in [6.45, 7) is 2.93. The van der Waals surface area contributed by atoms with E-state index in [1.54, 1.807) is 13.2 Å². The molecule has 0 unspecified atom stereocenters. The molecule has 0 radical (unpaired) electrons. The summed E-state index contributed by atoms with van der Waals surface area (Å²) in [5.74, 6) is -0.368. The SMILES string of the molecule is COCc1c(C(=O)N2CCCc3cccc(C)c32)sc2cccc(F)c12. The van der Waals surface area contributed by atoms with Gasteiger partial charge in [0, 0.05) is 29.3 Å². The number of thiophene rings is 1. The first kappa shape index (κ1) is 17.2. The molecule has 4 rings (SSSR count). The van der Waals surface area contributed by atoms with Crippen LogP contribution in [0.2, 0.25) is 0 Å². The van der Waals surface area contributed by atoms with Gasteiger partial charge in [0.15, 0.2) is 0 Å². The van der Waals surface area contributed by atoms with Crippen LogP contribution in [0.25, 0.3) is 10.1 Å². The summed E-state index contributed by atoms with van der Waals surface area (Å²) in [6.07, 6.45) is 1.91. The van der Waals surface area contributed by atoms with Gasteiger partial charge in [0.2, 0.25) is 0 Å². The Bertz CT molecular complexity index is 995. The Morgan fingerprint density at radius 2 is 2.08 bits per heavy atom. The molecule has 0 atom stereocenters. The average Bonchev–Trinajstić information content (AvgIpc) is 3.01. The van der Waals surface area contributed by atoms with E-state index in [0.29, 0.717) is 22.4 Å². The molecule has 5 heteroatoms. The Kier molecular flexibility index (Phi) is 4.51.